The Morgan fingerprint density at radius 1 is 1.45 bits per heavy atom. The molecule has 1 aliphatic heterocycles. The monoisotopic (exact) mass is 335 g/mol. The first-order chi connectivity index (χ1) is 10.2. The second-order valence-electron chi connectivity index (χ2n) is 4.96. The SMILES string of the molecule is C=CCC1CCc2c(n(CC(F)(F)F)c(=O)[nH]c2=O)N=C1Cl. The molecule has 0 bridgehead atoms. The van der Waals surface area contributed by atoms with Gasteiger partial charge < -0.3 is 0 Å². The fourth-order valence-corrected chi connectivity index (χ4v) is 2.60. The smallest absolute Gasteiger partial charge is 0.274 e. The van der Waals surface area contributed by atoms with E-state index in [9.17, 15) is 22.8 Å². The van der Waals surface area contributed by atoms with Crippen LogP contribution in [0.1, 0.15) is 18.4 Å². The topological polar surface area (TPSA) is 67.2 Å². The molecule has 2 rings (SSSR count). The van der Waals surface area contributed by atoms with Crippen LogP contribution in [0.4, 0.5) is 19.0 Å². The highest BCUT2D eigenvalue weighted by atomic mass is 35.5. The normalized spacial score (nSPS) is 18.4. The van der Waals surface area contributed by atoms with Crippen molar-refractivity contribution in [2.24, 2.45) is 10.9 Å². The predicted octanol–water partition coefficient (Wildman–Crippen LogP) is 2.51. The van der Waals surface area contributed by atoms with Crippen molar-refractivity contribution in [2.75, 3.05) is 0 Å². The lowest BCUT2D eigenvalue weighted by atomic mass is 9.99. The van der Waals surface area contributed by atoms with Crippen LogP contribution in [0.3, 0.4) is 0 Å². The van der Waals surface area contributed by atoms with Crippen LogP contribution in [-0.2, 0) is 13.0 Å². The van der Waals surface area contributed by atoms with Crippen molar-refractivity contribution in [1.82, 2.24) is 9.55 Å². The van der Waals surface area contributed by atoms with Gasteiger partial charge in [0.15, 0.2) is 0 Å². The van der Waals surface area contributed by atoms with Gasteiger partial charge in [0.05, 0.1) is 5.56 Å². The number of aliphatic imine (C=N–C) groups is 1. The van der Waals surface area contributed by atoms with Crippen molar-refractivity contribution in [3.63, 3.8) is 0 Å². The number of alkyl halides is 3. The number of fused-ring (bicyclic) bond motifs is 1. The Labute approximate surface area is 128 Å². The molecule has 1 N–H and O–H groups in total. The first kappa shape index (κ1) is 16.5. The summed E-state index contributed by atoms with van der Waals surface area (Å²) in [6, 6.07) is 0. The van der Waals surface area contributed by atoms with Crippen molar-refractivity contribution in [3.05, 3.63) is 39.1 Å². The third-order valence-corrected chi connectivity index (χ3v) is 3.74. The zero-order valence-corrected chi connectivity index (χ0v) is 12.2. The fourth-order valence-electron chi connectivity index (χ4n) is 2.33. The third kappa shape index (κ3) is 3.49. The molecule has 120 valence electrons. The van der Waals surface area contributed by atoms with E-state index in [1.807, 2.05) is 4.98 Å². The van der Waals surface area contributed by atoms with Gasteiger partial charge in [-0.2, -0.15) is 13.2 Å². The number of hydrogen-bond acceptors (Lipinski definition) is 3. The van der Waals surface area contributed by atoms with Gasteiger partial charge in [-0.3, -0.25) is 14.3 Å². The molecule has 0 amide bonds. The standard InChI is InChI=1S/C13H13ClF3N3O2/c1-2-3-7-4-5-8-10(18-9(7)14)20(6-13(15,16)17)12(22)19-11(8)21/h2,7H,1,3-6H2,(H,19,21,22). The molecular weight excluding hydrogens is 323 g/mol. The molecule has 0 saturated heterocycles. The molecule has 0 radical (unpaired) electrons. The minimum Gasteiger partial charge on any atom is -0.274 e. The highest BCUT2D eigenvalue weighted by molar-refractivity contribution is 6.66. The van der Waals surface area contributed by atoms with Gasteiger partial charge in [0, 0.05) is 5.92 Å². The Bertz CT molecular complexity index is 734. The lowest BCUT2D eigenvalue weighted by molar-refractivity contribution is -0.141. The number of hydrogen-bond donors (Lipinski definition) is 1. The number of halogens is 4. The van der Waals surface area contributed by atoms with E-state index in [2.05, 4.69) is 11.6 Å². The quantitative estimate of drug-likeness (QED) is 0.862. The summed E-state index contributed by atoms with van der Waals surface area (Å²) < 4.78 is 38.3. The molecule has 1 atom stereocenters. The molecule has 0 aliphatic carbocycles. The zero-order valence-electron chi connectivity index (χ0n) is 11.4. The van der Waals surface area contributed by atoms with Crippen LogP contribution >= 0.6 is 11.6 Å². The van der Waals surface area contributed by atoms with Crippen molar-refractivity contribution in [1.29, 1.82) is 0 Å². The summed E-state index contributed by atoms with van der Waals surface area (Å²) in [6.07, 6.45) is -1.90. The van der Waals surface area contributed by atoms with Crippen LogP contribution in [0, 0.1) is 5.92 Å². The van der Waals surface area contributed by atoms with Crippen LogP contribution in [0.15, 0.2) is 27.2 Å². The Hall–Kier alpha value is -1.83. The van der Waals surface area contributed by atoms with Gasteiger partial charge in [-0.25, -0.2) is 9.79 Å². The molecule has 0 aromatic carbocycles. The number of nitrogens with one attached hydrogen (secondary N) is 1. The highest BCUT2D eigenvalue weighted by Gasteiger charge is 2.32. The highest BCUT2D eigenvalue weighted by Crippen LogP contribution is 2.29. The van der Waals surface area contributed by atoms with Crippen LogP contribution in [0.2, 0.25) is 0 Å². The summed E-state index contributed by atoms with van der Waals surface area (Å²) in [5.74, 6) is -0.553. The number of aromatic nitrogens is 2. The molecule has 22 heavy (non-hydrogen) atoms. The molecule has 0 spiro atoms. The van der Waals surface area contributed by atoms with E-state index in [0.717, 1.165) is 0 Å². The largest absolute Gasteiger partial charge is 0.406 e. The Kier molecular flexibility index (Phi) is 4.60. The summed E-state index contributed by atoms with van der Waals surface area (Å²) in [5, 5.41) is 0.0691. The Balaban J connectivity index is 2.63. The zero-order chi connectivity index (χ0) is 16.5. The molecule has 1 aliphatic rings. The Morgan fingerprint density at radius 2 is 2.14 bits per heavy atom. The van der Waals surface area contributed by atoms with E-state index in [1.165, 1.54) is 0 Å². The molecule has 9 heteroatoms. The molecule has 2 heterocycles. The van der Waals surface area contributed by atoms with Gasteiger partial charge in [0.2, 0.25) is 0 Å². The first-order valence-electron chi connectivity index (χ1n) is 6.50. The predicted molar refractivity (Wildman–Crippen MR) is 77.0 cm³/mol. The number of rotatable bonds is 3. The van der Waals surface area contributed by atoms with Crippen LogP contribution in [0.5, 0.6) is 0 Å². The van der Waals surface area contributed by atoms with E-state index in [0.29, 0.717) is 17.4 Å². The van der Waals surface area contributed by atoms with Crippen LogP contribution in [0.25, 0.3) is 0 Å². The summed E-state index contributed by atoms with van der Waals surface area (Å²) in [6.45, 7) is 2.04. The molecule has 5 nitrogen and oxygen atoms in total. The minimum atomic E-state index is -4.62. The molecule has 1 aromatic heterocycles. The van der Waals surface area contributed by atoms with Gasteiger partial charge in [-0.1, -0.05) is 17.7 Å². The third-order valence-electron chi connectivity index (χ3n) is 3.35. The van der Waals surface area contributed by atoms with Crippen molar-refractivity contribution in [3.8, 4) is 0 Å². The molecule has 0 saturated carbocycles. The molecular formula is C13H13ClF3N3O2. The van der Waals surface area contributed by atoms with Gasteiger partial charge in [0.1, 0.15) is 17.5 Å². The maximum Gasteiger partial charge on any atom is 0.406 e. The van der Waals surface area contributed by atoms with E-state index in [4.69, 9.17) is 11.6 Å². The number of nitrogens with zero attached hydrogens (tertiary/aromatic N) is 2. The van der Waals surface area contributed by atoms with Gasteiger partial charge in [-0.15, -0.1) is 6.58 Å². The fraction of sp³-hybridized carbons (Fsp3) is 0.462. The Morgan fingerprint density at radius 3 is 2.73 bits per heavy atom. The van der Waals surface area contributed by atoms with Gasteiger partial charge in [-0.05, 0) is 19.3 Å². The van der Waals surface area contributed by atoms with E-state index in [-0.39, 0.29) is 28.9 Å². The van der Waals surface area contributed by atoms with Crippen molar-refractivity contribution < 1.29 is 13.2 Å². The average molecular weight is 336 g/mol. The summed E-state index contributed by atoms with van der Waals surface area (Å²) in [5.41, 5.74) is -1.85. The summed E-state index contributed by atoms with van der Waals surface area (Å²) in [7, 11) is 0. The minimum absolute atomic E-state index is 0.0357. The van der Waals surface area contributed by atoms with Gasteiger partial charge in [0.25, 0.3) is 5.56 Å². The molecule has 1 aromatic rings. The second-order valence-corrected chi connectivity index (χ2v) is 5.34. The number of allylic oxidation sites excluding steroid dienone is 1. The van der Waals surface area contributed by atoms with Crippen LogP contribution < -0.4 is 11.2 Å². The van der Waals surface area contributed by atoms with Crippen LogP contribution in [-0.4, -0.2) is 20.9 Å². The van der Waals surface area contributed by atoms with E-state index in [1.54, 1.807) is 6.08 Å². The second kappa shape index (κ2) is 6.12. The maximum atomic E-state index is 12.6. The lowest BCUT2D eigenvalue weighted by Crippen LogP contribution is -2.35. The summed E-state index contributed by atoms with van der Waals surface area (Å²) >= 11 is 6.03. The first-order valence-corrected chi connectivity index (χ1v) is 6.88. The van der Waals surface area contributed by atoms with Crippen molar-refractivity contribution >= 4 is 22.6 Å². The van der Waals surface area contributed by atoms with E-state index >= 15 is 0 Å². The molecule has 1 unspecified atom stereocenters. The van der Waals surface area contributed by atoms with Gasteiger partial charge >= 0.3 is 11.9 Å². The lowest BCUT2D eigenvalue weighted by Gasteiger charge is -2.13. The number of aromatic amines is 1. The average Bonchev–Trinajstić information content (AvgIpc) is 2.55. The summed E-state index contributed by atoms with van der Waals surface area (Å²) in [4.78, 5) is 29.4. The van der Waals surface area contributed by atoms with Crippen molar-refractivity contribution in [2.45, 2.75) is 32.0 Å². The number of H-pyrrole nitrogens is 1. The maximum absolute atomic E-state index is 12.6. The van der Waals surface area contributed by atoms with E-state index < -0.39 is 24.0 Å². The molecule has 0 fully saturated rings.